The second-order valence-corrected chi connectivity index (χ2v) is 3.70. The van der Waals surface area contributed by atoms with E-state index in [1.165, 1.54) is 31.6 Å². The molecule has 0 spiro atoms. The predicted octanol–water partition coefficient (Wildman–Crippen LogP) is 2.32. The van der Waals surface area contributed by atoms with Crippen molar-refractivity contribution in [2.75, 3.05) is 18.0 Å². The maximum Gasteiger partial charge on any atom is 0.490 e. The molecule has 1 aromatic rings. The number of carbonyl (C=O) groups is 1. The molecule has 1 fully saturated rings. The van der Waals surface area contributed by atoms with Gasteiger partial charge in [0.25, 0.3) is 0 Å². The van der Waals surface area contributed by atoms with Crippen LogP contribution in [0.4, 0.5) is 18.9 Å². The SMILES string of the molecule is O=C(O)C(F)(F)F.c1cc(N2CCCC2)ccn1. The first-order valence-corrected chi connectivity index (χ1v) is 5.36. The first-order chi connectivity index (χ1) is 8.41. The van der Waals surface area contributed by atoms with Crippen molar-refractivity contribution in [3.8, 4) is 0 Å². The summed E-state index contributed by atoms with van der Waals surface area (Å²) in [7, 11) is 0. The van der Waals surface area contributed by atoms with Crippen LogP contribution in [0.5, 0.6) is 0 Å². The van der Waals surface area contributed by atoms with Gasteiger partial charge in [-0.15, -0.1) is 0 Å². The predicted molar refractivity (Wildman–Crippen MR) is 59.4 cm³/mol. The third kappa shape index (κ3) is 4.60. The molecule has 2 heterocycles. The number of aromatic nitrogens is 1. The number of aliphatic carboxylic acids is 1. The summed E-state index contributed by atoms with van der Waals surface area (Å²) in [5, 5.41) is 7.12. The standard InChI is InChI=1S/C9H12N2.C2HF3O2/c1-2-8-11(7-1)9-3-5-10-6-4-9;3-2(4,5)1(6)7/h3-6H,1-2,7-8H2;(H,6,7). The van der Waals surface area contributed by atoms with E-state index < -0.39 is 12.1 Å². The van der Waals surface area contributed by atoms with E-state index in [1.54, 1.807) is 0 Å². The van der Waals surface area contributed by atoms with Crippen molar-refractivity contribution in [2.45, 2.75) is 19.0 Å². The molecule has 1 saturated heterocycles. The minimum Gasteiger partial charge on any atom is -0.475 e. The summed E-state index contributed by atoms with van der Waals surface area (Å²) >= 11 is 0. The number of rotatable bonds is 1. The zero-order valence-corrected chi connectivity index (χ0v) is 9.52. The Hall–Kier alpha value is -1.79. The number of halogens is 3. The molecule has 0 saturated carbocycles. The minimum atomic E-state index is -5.08. The second kappa shape index (κ2) is 6.23. The van der Waals surface area contributed by atoms with E-state index in [0.717, 1.165) is 0 Å². The highest BCUT2D eigenvalue weighted by atomic mass is 19.4. The maximum absolute atomic E-state index is 10.6. The van der Waals surface area contributed by atoms with Gasteiger partial charge in [0.2, 0.25) is 0 Å². The van der Waals surface area contributed by atoms with Crippen molar-refractivity contribution in [3.05, 3.63) is 24.5 Å². The van der Waals surface area contributed by atoms with Crippen molar-refractivity contribution in [3.63, 3.8) is 0 Å². The van der Waals surface area contributed by atoms with Crippen molar-refractivity contribution >= 4 is 11.7 Å². The van der Waals surface area contributed by atoms with Crippen LogP contribution in [0, 0.1) is 0 Å². The first kappa shape index (κ1) is 14.3. The maximum atomic E-state index is 10.6. The van der Waals surface area contributed by atoms with Crippen molar-refractivity contribution < 1.29 is 23.1 Å². The van der Waals surface area contributed by atoms with E-state index in [2.05, 4.69) is 22.0 Å². The Morgan fingerprint density at radius 2 is 1.67 bits per heavy atom. The quantitative estimate of drug-likeness (QED) is 0.843. The molecule has 0 aromatic carbocycles. The topological polar surface area (TPSA) is 53.4 Å². The summed E-state index contributed by atoms with van der Waals surface area (Å²) in [6.45, 7) is 2.42. The Balaban J connectivity index is 0.000000203. The molecule has 7 heteroatoms. The lowest BCUT2D eigenvalue weighted by atomic mass is 10.4. The van der Waals surface area contributed by atoms with E-state index >= 15 is 0 Å². The van der Waals surface area contributed by atoms with E-state index in [9.17, 15) is 13.2 Å². The molecule has 0 aliphatic carbocycles. The number of pyridine rings is 1. The second-order valence-electron chi connectivity index (χ2n) is 3.70. The molecule has 0 bridgehead atoms. The highest BCUT2D eigenvalue weighted by molar-refractivity contribution is 5.73. The Bertz CT molecular complexity index is 376. The number of hydrogen-bond acceptors (Lipinski definition) is 3. The van der Waals surface area contributed by atoms with Gasteiger partial charge in [-0.3, -0.25) is 4.98 Å². The summed E-state index contributed by atoms with van der Waals surface area (Å²) in [5.41, 5.74) is 1.32. The van der Waals surface area contributed by atoms with Gasteiger partial charge in [-0.1, -0.05) is 0 Å². The van der Waals surface area contributed by atoms with E-state index in [4.69, 9.17) is 9.90 Å². The fourth-order valence-electron chi connectivity index (χ4n) is 1.53. The van der Waals surface area contributed by atoms with E-state index in [1.807, 2.05) is 12.4 Å². The highest BCUT2D eigenvalue weighted by Crippen LogP contribution is 2.17. The monoisotopic (exact) mass is 262 g/mol. The van der Waals surface area contributed by atoms with E-state index in [0.29, 0.717) is 0 Å². The van der Waals surface area contributed by atoms with Crippen LogP contribution >= 0.6 is 0 Å². The molecule has 1 aliphatic rings. The third-order valence-corrected chi connectivity index (χ3v) is 2.38. The van der Waals surface area contributed by atoms with Gasteiger partial charge in [0, 0.05) is 31.2 Å². The number of hydrogen-bond donors (Lipinski definition) is 1. The molecule has 1 N–H and O–H groups in total. The van der Waals surface area contributed by atoms with Crippen LogP contribution in [0.3, 0.4) is 0 Å². The fourth-order valence-corrected chi connectivity index (χ4v) is 1.53. The first-order valence-electron chi connectivity index (χ1n) is 5.36. The number of nitrogens with zero attached hydrogens (tertiary/aromatic N) is 2. The molecule has 0 amide bonds. The molecule has 0 radical (unpaired) electrons. The van der Waals surface area contributed by atoms with Gasteiger partial charge in [-0.2, -0.15) is 13.2 Å². The lowest BCUT2D eigenvalue weighted by Gasteiger charge is -2.16. The minimum absolute atomic E-state index is 1.21. The zero-order valence-electron chi connectivity index (χ0n) is 9.52. The van der Waals surface area contributed by atoms with Gasteiger partial charge >= 0.3 is 12.1 Å². The van der Waals surface area contributed by atoms with E-state index in [-0.39, 0.29) is 0 Å². The largest absolute Gasteiger partial charge is 0.490 e. The Morgan fingerprint density at radius 1 is 1.22 bits per heavy atom. The van der Waals surface area contributed by atoms with Crippen LogP contribution in [0.15, 0.2) is 24.5 Å². The number of carboxylic acids is 1. The van der Waals surface area contributed by atoms with Crippen LogP contribution in [0.25, 0.3) is 0 Å². The van der Waals surface area contributed by atoms with Crippen LogP contribution in [0.1, 0.15) is 12.8 Å². The molecule has 4 nitrogen and oxygen atoms in total. The average Bonchev–Trinajstić information content (AvgIpc) is 2.83. The molecule has 0 unspecified atom stereocenters. The smallest absolute Gasteiger partial charge is 0.475 e. The summed E-state index contributed by atoms with van der Waals surface area (Å²) in [5.74, 6) is -2.76. The van der Waals surface area contributed by atoms with Crippen LogP contribution in [0.2, 0.25) is 0 Å². The van der Waals surface area contributed by atoms with Gasteiger partial charge in [-0.05, 0) is 25.0 Å². The molecule has 18 heavy (non-hydrogen) atoms. The molecular weight excluding hydrogens is 249 g/mol. The lowest BCUT2D eigenvalue weighted by molar-refractivity contribution is -0.192. The van der Waals surface area contributed by atoms with Crippen LogP contribution < -0.4 is 4.90 Å². The van der Waals surface area contributed by atoms with Crippen LogP contribution in [-0.2, 0) is 4.79 Å². The number of carboxylic acid groups (broad SMARTS) is 1. The lowest BCUT2D eigenvalue weighted by Crippen LogP contribution is -2.21. The van der Waals surface area contributed by atoms with Gasteiger partial charge < -0.3 is 10.0 Å². The summed E-state index contributed by atoms with van der Waals surface area (Å²) in [6, 6.07) is 4.15. The summed E-state index contributed by atoms with van der Waals surface area (Å²) in [4.78, 5) is 15.3. The zero-order chi connectivity index (χ0) is 13.6. The number of alkyl halides is 3. The number of anilines is 1. The van der Waals surface area contributed by atoms with Gasteiger partial charge in [0.1, 0.15) is 0 Å². The summed E-state index contributed by atoms with van der Waals surface area (Å²) in [6.07, 6.45) is 1.30. The highest BCUT2D eigenvalue weighted by Gasteiger charge is 2.38. The fraction of sp³-hybridized carbons (Fsp3) is 0.455. The van der Waals surface area contributed by atoms with Crippen LogP contribution in [-0.4, -0.2) is 35.3 Å². The van der Waals surface area contributed by atoms with Gasteiger partial charge in [0.05, 0.1) is 0 Å². The van der Waals surface area contributed by atoms with Gasteiger partial charge in [0.15, 0.2) is 0 Å². The molecule has 0 atom stereocenters. The normalized spacial score (nSPS) is 14.9. The Kier molecular flexibility index (Phi) is 4.94. The molecule has 2 rings (SSSR count). The molecule has 1 aliphatic heterocycles. The van der Waals surface area contributed by atoms with Crippen molar-refractivity contribution in [1.82, 2.24) is 4.98 Å². The Labute approximate surface area is 102 Å². The van der Waals surface area contributed by atoms with Crippen molar-refractivity contribution in [1.29, 1.82) is 0 Å². The molecular formula is C11H13F3N2O2. The molecule has 100 valence electrons. The van der Waals surface area contributed by atoms with Gasteiger partial charge in [-0.25, -0.2) is 4.79 Å². The molecule has 1 aromatic heterocycles. The van der Waals surface area contributed by atoms with Crippen molar-refractivity contribution in [2.24, 2.45) is 0 Å². The third-order valence-electron chi connectivity index (χ3n) is 2.38. The summed E-state index contributed by atoms with van der Waals surface area (Å²) < 4.78 is 31.7. The average molecular weight is 262 g/mol. The Morgan fingerprint density at radius 3 is 2.06 bits per heavy atom.